The first kappa shape index (κ1) is 14.0. The predicted octanol–water partition coefficient (Wildman–Crippen LogP) is 2.47. The molecular formula is C14H12N4OS. The fourth-order valence-electron chi connectivity index (χ4n) is 1.51. The summed E-state index contributed by atoms with van der Waals surface area (Å²) < 4.78 is 0. The van der Waals surface area contributed by atoms with Crippen LogP contribution in [0.4, 0.5) is 5.69 Å². The van der Waals surface area contributed by atoms with E-state index in [1.807, 2.05) is 6.07 Å². The van der Waals surface area contributed by atoms with Crippen LogP contribution in [0.2, 0.25) is 0 Å². The molecule has 1 heterocycles. The van der Waals surface area contributed by atoms with E-state index in [2.05, 4.69) is 15.3 Å². The number of anilines is 1. The fourth-order valence-corrected chi connectivity index (χ4v) is 2.29. The van der Waals surface area contributed by atoms with Gasteiger partial charge in [0, 0.05) is 18.4 Å². The second-order valence-corrected chi connectivity index (χ2v) is 4.97. The van der Waals surface area contributed by atoms with E-state index in [4.69, 9.17) is 5.26 Å². The van der Waals surface area contributed by atoms with Gasteiger partial charge in [0.05, 0.1) is 16.3 Å². The number of thioether (sulfide) groups is 1. The van der Waals surface area contributed by atoms with Gasteiger partial charge in [-0.15, -0.1) is 11.8 Å². The Bertz CT molecular complexity index is 625. The van der Waals surface area contributed by atoms with Crippen molar-refractivity contribution in [3.63, 3.8) is 0 Å². The highest BCUT2D eigenvalue weighted by Crippen LogP contribution is 2.16. The number of para-hydroxylation sites is 1. The van der Waals surface area contributed by atoms with Crippen LogP contribution in [0.25, 0.3) is 0 Å². The molecule has 5 nitrogen and oxygen atoms in total. The van der Waals surface area contributed by atoms with Crippen molar-refractivity contribution in [2.75, 3.05) is 11.1 Å². The van der Waals surface area contributed by atoms with E-state index in [0.29, 0.717) is 23.4 Å². The Morgan fingerprint density at radius 1 is 1.35 bits per heavy atom. The van der Waals surface area contributed by atoms with Crippen LogP contribution in [0.1, 0.15) is 12.0 Å². The van der Waals surface area contributed by atoms with Crippen molar-refractivity contribution >= 4 is 23.4 Å². The standard InChI is InChI=1S/C14H12N4OS/c15-9-11-3-1-2-4-12(11)18-13(19)6-8-20-14-5-7-16-10-17-14/h1-5,7,10H,6,8H2,(H,18,19). The molecule has 100 valence electrons. The van der Waals surface area contributed by atoms with Crippen LogP contribution in [0.3, 0.4) is 0 Å². The molecule has 0 saturated heterocycles. The van der Waals surface area contributed by atoms with Gasteiger partial charge in [-0.1, -0.05) is 12.1 Å². The SMILES string of the molecule is N#Cc1ccccc1NC(=O)CCSc1ccncn1. The van der Waals surface area contributed by atoms with Crippen LogP contribution in [0.15, 0.2) is 47.9 Å². The molecule has 6 heteroatoms. The molecule has 1 amide bonds. The minimum atomic E-state index is -0.116. The van der Waals surface area contributed by atoms with Crippen molar-refractivity contribution in [1.29, 1.82) is 5.26 Å². The maximum Gasteiger partial charge on any atom is 0.225 e. The molecule has 1 aromatic heterocycles. The fraction of sp³-hybridized carbons (Fsp3) is 0.143. The molecule has 2 rings (SSSR count). The number of amides is 1. The van der Waals surface area contributed by atoms with Crippen LogP contribution in [0.5, 0.6) is 0 Å². The molecule has 0 saturated carbocycles. The summed E-state index contributed by atoms with van der Waals surface area (Å²) in [7, 11) is 0. The van der Waals surface area contributed by atoms with Gasteiger partial charge >= 0.3 is 0 Å². The third kappa shape index (κ3) is 4.07. The lowest BCUT2D eigenvalue weighted by Gasteiger charge is -2.06. The topological polar surface area (TPSA) is 78.7 Å². The highest BCUT2D eigenvalue weighted by atomic mass is 32.2. The van der Waals surface area contributed by atoms with E-state index in [9.17, 15) is 4.79 Å². The zero-order chi connectivity index (χ0) is 14.2. The van der Waals surface area contributed by atoms with Gasteiger partial charge in [-0.3, -0.25) is 4.79 Å². The number of hydrogen-bond acceptors (Lipinski definition) is 5. The zero-order valence-electron chi connectivity index (χ0n) is 10.6. The molecule has 1 N–H and O–H groups in total. The highest BCUT2D eigenvalue weighted by Gasteiger charge is 2.06. The van der Waals surface area contributed by atoms with E-state index in [-0.39, 0.29) is 5.91 Å². The molecule has 1 aromatic carbocycles. The average molecular weight is 284 g/mol. The number of carbonyl (C=O) groups excluding carboxylic acids is 1. The average Bonchev–Trinajstić information content (AvgIpc) is 2.49. The number of nitriles is 1. The molecule has 0 fully saturated rings. The number of nitrogens with one attached hydrogen (secondary N) is 1. The van der Waals surface area contributed by atoms with Gasteiger partial charge in [-0.05, 0) is 18.2 Å². The third-order valence-electron chi connectivity index (χ3n) is 2.46. The quantitative estimate of drug-likeness (QED) is 0.674. The molecular weight excluding hydrogens is 272 g/mol. The van der Waals surface area contributed by atoms with Crippen LogP contribution in [-0.4, -0.2) is 21.6 Å². The van der Waals surface area contributed by atoms with Crippen LogP contribution < -0.4 is 5.32 Å². The van der Waals surface area contributed by atoms with Gasteiger partial charge in [0.1, 0.15) is 12.4 Å². The Balaban J connectivity index is 1.83. The van der Waals surface area contributed by atoms with Gasteiger partial charge in [0.2, 0.25) is 5.91 Å². The smallest absolute Gasteiger partial charge is 0.225 e. The van der Waals surface area contributed by atoms with E-state index >= 15 is 0 Å². The molecule has 2 aromatic rings. The van der Waals surface area contributed by atoms with Gasteiger partial charge in [-0.2, -0.15) is 5.26 Å². The van der Waals surface area contributed by atoms with Crippen molar-refractivity contribution in [3.8, 4) is 6.07 Å². The van der Waals surface area contributed by atoms with Crippen molar-refractivity contribution in [2.45, 2.75) is 11.4 Å². The van der Waals surface area contributed by atoms with Crippen molar-refractivity contribution in [1.82, 2.24) is 9.97 Å². The second-order valence-electron chi connectivity index (χ2n) is 3.85. The minimum absolute atomic E-state index is 0.116. The molecule has 0 aliphatic heterocycles. The Morgan fingerprint density at radius 2 is 2.20 bits per heavy atom. The van der Waals surface area contributed by atoms with Crippen molar-refractivity contribution < 1.29 is 4.79 Å². The number of aromatic nitrogens is 2. The summed E-state index contributed by atoms with van der Waals surface area (Å²) >= 11 is 1.49. The first-order valence-corrected chi connectivity index (χ1v) is 6.96. The summed E-state index contributed by atoms with van der Waals surface area (Å²) in [6.07, 6.45) is 3.50. The maximum absolute atomic E-state index is 11.8. The second kappa shape index (κ2) is 7.26. The van der Waals surface area contributed by atoms with E-state index in [1.54, 1.807) is 36.5 Å². The monoisotopic (exact) mass is 284 g/mol. The van der Waals surface area contributed by atoms with Gasteiger partial charge in [-0.25, -0.2) is 9.97 Å². The Morgan fingerprint density at radius 3 is 2.95 bits per heavy atom. The van der Waals surface area contributed by atoms with Gasteiger partial charge < -0.3 is 5.32 Å². The van der Waals surface area contributed by atoms with Crippen LogP contribution in [-0.2, 0) is 4.79 Å². The number of hydrogen-bond donors (Lipinski definition) is 1. The highest BCUT2D eigenvalue weighted by molar-refractivity contribution is 7.99. The predicted molar refractivity (Wildman–Crippen MR) is 77.2 cm³/mol. The van der Waals surface area contributed by atoms with Crippen LogP contribution >= 0.6 is 11.8 Å². The van der Waals surface area contributed by atoms with Crippen LogP contribution in [0, 0.1) is 11.3 Å². The third-order valence-corrected chi connectivity index (χ3v) is 3.40. The normalized spacial score (nSPS) is 9.75. The molecule has 20 heavy (non-hydrogen) atoms. The van der Waals surface area contributed by atoms with Gasteiger partial charge in [0.25, 0.3) is 0 Å². The summed E-state index contributed by atoms with van der Waals surface area (Å²) in [4.78, 5) is 19.7. The minimum Gasteiger partial charge on any atom is -0.325 e. The number of nitrogens with zero attached hydrogens (tertiary/aromatic N) is 3. The van der Waals surface area contributed by atoms with Crippen molar-refractivity contribution in [2.24, 2.45) is 0 Å². The number of rotatable bonds is 5. The Hall–Kier alpha value is -2.39. The van der Waals surface area contributed by atoms with E-state index in [0.717, 1.165) is 5.03 Å². The number of carbonyl (C=O) groups is 1. The maximum atomic E-state index is 11.8. The molecule has 0 spiro atoms. The van der Waals surface area contributed by atoms with Crippen molar-refractivity contribution in [3.05, 3.63) is 48.4 Å². The summed E-state index contributed by atoms with van der Waals surface area (Å²) in [6, 6.07) is 10.8. The van der Waals surface area contributed by atoms with E-state index in [1.165, 1.54) is 18.1 Å². The molecule has 0 aliphatic carbocycles. The molecule has 0 bridgehead atoms. The largest absolute Gasteiger partial charge is 0.325 e. The zero-order valence-corrected chi connectivity index (χ0v) is 11.4. The van der Waals surface area contributed by atoms with E-state index < -0.39 is 0 Å². The summed E-state index contributed by atoms with van der Waals surface area (Å²) in [5, 5.41) is 12.5. The lowest BCUT2D eigenvalue weighted by atomic mass is 10.2. The molecule has 0 atom stereocenters. The first-order valence-electron chi connectivity index (χ1n) is 5.97. The summed E-state index contributed by atoms with van der Waals surface area (Å²) in [6.45, 7) is 0. The Labute approximate surface area is 121 Å². The first-order chi connectivity index (χ1) is 9.79. The summed E-state index contributed by atoms with van der Waals surface area (Å²) in [5.74, 6) is 0.506. The summed E-state index contributed by atoms with van der Waals surface area (Å²) in [5.41, 5.74) is 1.01. The molecule has 0 radical (unpaired) electrons. The molecule has 0 aliphatic rings. The van der Waals surface area contributed by atoms with Gasteiger partial charge in [0.15, 0.2) is 0 Å². The lowest BCUT2D eigenvalue weighted by Crippen LogP contribution is -2.13. The lowest BCUT2D eigenvalue weighted by molar-refractivity contribution is -0.115. The number of benzene rings is 1. The Kier molecular flexibility index (Phi) is 5.09. The molecule has 0 unspecified atom stereocenters.